The summed E-state index contributed by atoms with van der Waals surface area (Å²) in [6.45, 7) is 6.39. The van der Waals surface area contributed by atoms with E-state index in [9.17, 15) is 18.0 Å². The van der Waals surface area contributed by atoms with Gasteiger partial charge < -0.3 is 10.1 Å². The lowest BCUT2D eigenvalue weighted by Gasteiger charge is -2.34. The molecular formula is C16H21F3N2O2. The second kappa shape index (κ2) is 7.21. The number of rotatable bonds is 4. The van der Waals surface area contributed by atoms with Crippen molar-refractivity contribution in [2.24, 2.45) is 11.8 Å². The molecule has 1 aliphatic rings. The van der Waals surface area contributed by atoms with E-state index < -0.39 is 6.36 Å². The van der Waals surface area contributed by atoms with Crippen LogP contribution in [0.25, 0.3) is 0 Å². The van der Waals surface area contributed by atoms with Gasteiger partial charge in [0.1, 0.15) is 5.75 Å². The van der Waals surface area contributed by atoms with E-state index >= 15 is 0 Å². The number of nitrogens with one attached hydrogen (secondary N) is 1. The van der Waals surface area contributed by atoms with Crippen molar-refractivity contribution >= 4 is 11.6 Å². The van der Waals surface area contributed by atoms with Crippen LogP contribution in [0.15, 0.2) is 24.3 Å². The van der Waals surface area contributed by atoms with Crippen molar-refractivity contribution in [3.8, 4) is 5.75 Å². The monoisotopic (exact) mass is 330 g/mol. The molecule has 2 atom stereocenters. The molecule has 1 amide bonds. The van der Waals surface area contributed by atoms with Crippen molar-refractivity contribution in [2.75, 3.05) is 25.0 Å². The van der Waals surface area contributed by atoms with Gasteiger partial charge in [-0.2, -0.15) is 0 Å². The molecule has 0 bridgehead atoms. The minimum absolute atomic E-state index is 0.171. The molecule has 128 valence electrons. The molecule has 1 saturated heterocycles. The standard InChI is InChI=1S/C16H21F3N2O2/c1-11-7-12(2)9-21(8-11)10-15(22)20-13-3-5-14(6-4-13)23-16(17,18)19/h3-6,11-12H,7-10H2,1-2H3,(H,20,22). The van der Waals surface area contributed by atoms with Gasteiger partial charge in [0.2, 0.25) is 5.91 Å². The maximum atomic E-state index is 12.1. The molecule has 0 aromatic heterocycles. The largest absolute Gasteiger partial charge is 0.573 e. The SMILES string of the molecule is CC1CC(C)CN(CC(=O)Nc2ccc(OC(F)(F)F)cc2)C1. The summed E-state index contributed by atoms with van der Waals surface area (Å²) in [4.78, 5) is 14.2. The fraction of sp³-hybridized carbons (Fsp3) is 0.562. The van der Waals surface area contributed by atoms with Gasteiger partial charge in [-0.05, 0) is 42.5 Å². The second-order valence-electron chi connectivity index (χ2n) is 6.26. The summed E-state index contributed by atoms with van der Waals surface area (Å²) in [6.07, 6.45) is -3.55. The average Bonchev–Trinajstić information content (AvgIpc) is 2.38. The predicted molar refractivity (Wildman–Crippen MR) is 81.1 cm³/mol. The molecule has 1 heterocycles. The van der Waals surface area contributed by atoms with Gasteiger partial charge in [0.15, 0.2) is 0 Å². The van der Waals surface area contributed by atoms with Crippen LogP contribution in [0.5, 0.6) is 5.75 Å². The van der Waals surface area contributed by atoms with E-state index in [0.717, 1.165) is 13.1 Å². The van der Waals surface area contributed by atoms with E-state index in [-0.39, 0.29) is 18.2 Å². The lowest BCUT2D eigenvalue weighted by atomic mass is 9.92. The highest BCUT2D eigenvalue weighted by Crippen LogP contribution is 2.24. The summed E-state index contributed by atoms with van der Waals surface area (Å²) in [5, 5.41) is 2.69. The third-order valence-corrected chi connectivity index (χ3v) is 3.68. The fourth-order valence-electron chi connectivity index (χ4n) is 3.06. The van der Waals surface area contributed by atoms with Crippen LogP contribution in [0.3, 0.4) is 0 Å². The van der Waals surface area contributed by atoms with E-state index in [1.54, 1.807) is 0 Å². The molecule has 0 radical (unpaired) electrons. The maximum absolute atomic E-state index is 12.1. The van der Waals surface area contributed by atoms with Crippen molar-refractivity contribution in [1.29, 1.82) is 0 Å². The van der Waals surface area contributed by atoms with Crippen molar-refractivity contribution in [2.45, 2.75) is 26.6 Å². The number of hydrogen-bond donors (Lipinski definition) is 1. The molecule has 0 spiro atoms. The van der Waals surface area contributed by atoms with Crippen LogP contribution in [0.4, 0.5) is 18.9 Å². The first-order valence-corrected chi connectivity index (χ1v) is 7.59. The number of hydrogen-bond acceptors (Lipinski definition) is 3. The Balaban J connectivity index is 1.85. The van der Waals surface area contributed by atoms with Gasteiger partial charge >= 0.3 is 6.36 Å². The molecule has 1 N–H and O–H groups in total. The van der Waals surface area contributed by atoms with Gasteiger partial charge in [0.25, 0.3) is 0 Å². The summed E-state index contributed by atoms with van der Waals surface area (Å²) in [6, 6.07) is 5.13. The highest BCUT2D eigenvalue weighted by molar-refractivity contribution is 5.92. The molecule has 7 heteroatoms. The molecule has 2 rings (SSSR count). The minimum Gasteiger partial charge on any atom is -0.406 e. The third kappa shape index (κ3) is 6.09. The van der Waals surface area contributed by atoms with Gasteiger partial charge in [-0.25, -0.2) is 0 Å². The predicted octanol–water partition coefficient (Wildman–Crippen LogP) is 3.50. The van der Waals surface area contributed by atoms with Gasteiger partial charge in [-0.3, -0.25) is 9.69 Å². The van der Waals surface area contributed by atoms with Crippen molar-refractivity contribution in [3.05, 3.63) is 24.3 Å². The first-order valence-electron chi connectivity index (χ1n) is 7.59. The summed E-state index contributed by atoms with van der Waals surface area (Å²) >= 11 is 0. The van der Waals surface area contributed by atoms with E-state index in [2.05, 4.69) is 28.8 Å². The van der Waals surface area contributed by atoms with Gasteiger partial charge in [-0.15, -0.1) is 13.2 Å². The molecule has 23 heavy (non-hydrogen) atoms. The lowest BCUT2D eigenvalue weighted by molar-refractivity contribution is -0.274. The number of ether oxygens (including phenoxy) is 1. The van der Waals surface area contributed by atoms with E-state index in [0.29, 0.717) is 17.5 Å². The third-order valence-electron chi connectivity index (χ3n) is 3.68. The molecular weight excluding hydrogens is 309 g/mol. The number of piperidine rings is 1. The highest BCUT2D eigenvalue weighted by atomic mass is 19.4. The van der Waals surface area contributed by atoms with Crippen LogP contribution in [0.1, 0.15) is 20.3 Å². The lowest BCUT2D eigenvalue weighted by Crippen LogP contribution is -2.42. The van der Waals surface area contributed by atoms with E-state index in [4.69, 9.17) is 0 Å². The topological polar surface area (TPSA) is 41.6 Å². The average molecular weight is 330 g/mol. The van der Waals surface area contributed by atoms with Crippen molar-refractivity contribution < 1.29 is 22.7 Å². The normalized spacial score (nSPS) is 22.7. The number of benzene rings is 1. The van der Waals surface area contributed by atoms with Crippen LogP contribution < -0.4 is 10.1 Å². The molecule has 4 nitrogen and oxygen atoms in total. The molecule has 2 unspecified atom stereocenters. The summed E-state index contributed by atoms with van der Waals surface area (Å²) in [5.74, 6) is 0.640. The fourth-order valence-corrected chi connectivity index (χ4v) is 3.06. The number of halogens is 3. The first kappa shape index (κ1) is 17.6. The summed E-state index contributed by atoms with van der Waals surface area (Å²) in [5.41, 5.74) is 0.447. The van der Waals surface area contributed by atoms with Crippen LogP contribution in [-0.2, 0) is 4.79 Å². The van der Waals surface area contributed by atoms with E-state index in [1.807, 2.05) is 0 Å². The van der Waals surface area contributed by atoms with Crippen molar-refractivity contribution in [3.63, 3.8) is 0 Å². The number of amides is 1. The Labute approximate surface area is 133 Å². The number of nitrogens with zero attached hydrogens (tertiary/aromatic N) is 1. The summed E-state index contributed by atoms with van der Waals surface area (Å²) in [7, 11) is 0. The zero-order valence-electron chi connectivity index (χ0n) is 13.2. The van der Waals surface area contributed by atoms with Crippen LogP contribution in [0, 0.1) is 11.8 Å². The molecule has 0 saturated carbocycles. The number of alkyl halides is 3. The van der Waals surface area contributed by atoms with Crippen LogP contribution >= 0.6 is 0 Å². The molecule has 1 fully saturated rings. The molecule has 1 aromatic carbocycles. The molecule has 1 aliphatic heterocycles. The number of anilines is 1. The molecule has 1 aromatic rings. The van der Waals surface area contributed by atoms with E-state index in [1.165, 1.54) is 30.7 Å². The molecule has 0 aliphatic carbocycles. The zero-order chi connectivity index (χ0) is 17.0. The smallest absolute Gasteiger partial charge is 0.406 e. The van der Waals surface area contributed by atoms with Gasteiger partial charge in [0, 0.05) is 18.8 Å². The Morgan fingerprint density at radius 2 is 1.78 bits per heavy atom. The van der Waals surface area contributed by atoms with Gasteiger partial charge in [-0.1, -0.05) is 13.8 Å². The minimum atomic E-state index is -4.72. The zero-order valence-corrected chi connectivity index (χ0v) is 13.2. The second-order valence-corrected chi connectivity index (χ2v) is 6.26. The highest BCUT2D eigenvalue weighted by Gasteiger charge is 2.31. The van der Waals surface area contributed by atoms with Gasteiger partial charge in [0.05, 0.1) is 6.54 Å². The quantitative estimate of drug-likeness (QED) is 0.919. The Morgan fingerprint density at radius 3 is 2.30 bits per heavy atom. The maximum Gasteiger partial charge on any atom is 0.573 e. The van der Waals surface area contributed by atoms with Crippen molar-refractivity contribution in [1.82, 2.24) is 4.90 Å². The Bertz CT molecular complexity index is 521. The summed E-state index contributed by atoms with van der Waals surface area (Å²) < 4.78 is 40.0. The number of likely N-dealkylation sites (tertiary alicyclic amines) is 1. The van der Waals surface area contributed by atoms with Crippen LogP contribution in [-0.4, -0.2) is 36.8 Å². The van der Waals surface area contributed by atoms with Crippen LogP contribution in [0.2, 0.25) is 0 Å². The Hall–Kier alpha value is -1.76. The first-order chi connectivity index (χ1) is 10.7. The Morgan fingerprint density at radius 1 is 1.22 bits per heavy atom. The number of carbonyl (C=O) groups excluding carboxylic acids is 1. The Kier molecular flexibility index (Phi) is 5.51. The number of carbonyl (C=O) groups is 1.